The second-order valence-corrected chi connectivity index (χ2v) is 13.1. The van der Waals surface area contributed by atoms with E-state index in [4.69, 9.17) is 19.1 Å². The molecule has 0 aromatic carbocycles. The summed E-state index contributed by atoms with van der Waals surface area (Å²) in [5.41, 5.74) is 0. The maximum Gasteiger partial charge on any atom is 0.193 e. The maximum absolute atomic E-state index is 9.10. The van der Waals surface area contributed by atoms with Crippen LogP contribution < -0.4 is 0 Å². The summed E-state index contributed by atoms with van der Waals surface area (Å²) in [5, 5.41) is 12.4. The molecular formula is C17H35NO4Si. The first-order chi connectivity index (χ1) is 10.4. The van der Waals surface area contributed by atoms with Crippen LogP contribution in [0.2, 0.25) is 18.1 Å². The van der Waals surface area contributed by atoms with E-state index in [1.807, 2.05) is 13.8 Å². The number of oxime groups is 1. The van der Waals surface area contributed by atoms with Gasteiger partial charge in [-0.2, -0.15) is 0 Å². The largest absolute Gasteiger partial charge is 0.411 e. The Morgan fingerprint density at radius 3 is 2.39 bits per heavy atom. The molecule has 1 aliphatic heterocycles. The van der Waals surface area contributed by atoms with Crippen molar-refractivity contribution in [3.63, 3.8) is 0 Å². The monoisotopic (exact) mass is 345 g/mol. The lowest BCUT2D eigenvalue weighted by Crippen LogP contribution is -2.50. The second-order valence-electron chi connectivity index (χ2n) is 8.39. The third-order valence-electron chi connectivity index (χ3n) is 4.84. The van der Waals surface area contributed by atoms with Crippen LogP contribution in [0.25, 0.3) is 0 Å². The lowest BCUT2D eigenvalue weighted by atomic mass is 10.0. The predicted molar refractivity (Wildman–Crippen MR) is 95.7 cm³/mol. The van der Waals surface area contributed by atoms with Gasteiger partial charge in [0.2, 0.25) is 0 Å². The highest BCUT2D eigenvalue weighted by atomic mass is 28.4. The van der Waals surface area contributed by atoms with Crippen LogP contribution in [0.1, 0.15) is 60.8 Å². The number of nitrogens with zero attached hydrogens (tertiary/aromatic N) is 1. The van der Waals surface area contributed by atoms with E-state index in [9.17, 15) is 0 Å². The van der Waals surface area contributed by atoms with E-state index in [1.54, 1.807) is 0 Å². The fourth-order valence-electron chi connectivity index (χ4n) is 2.54. The Hall–Kier alpha value is -0.433. The van der Waals surface area contributed by atoms with Gasteiger partial charge in [0.15, 0.2) is 14.1 Å². The molecule has 0 aromatic heterocycles. The van der Waals surface area contributed by atoms with Crippen LogP contribution in [0.15, 0.2) is 5.16 Å². The van der Waals surface area contributed by atoms with Gasteiger partial charge in [-0.3, -0.25) is 0 Å². The molecule has 3 atom stereocenters. The van der Waals surface area contributed by atoms with Gasteiger partial charge in [-0.1, -0.05) is 45.7 Å². The molecule has 23 heavy (non-hydrogen) atoms. The Morgan fingerprint density at radius 1 is 1.30 bits per heavy atom. The lowest BCUT2D eigenvalue weighted by Gasteiger charge is -2.40. The van der Waals surface area contributed by atoms with Crippen molar-refractivity contribution in [2.24, 2.45) is 5.16 Å². The molecule has 0 amide bonds. The Morgan fingerprint density at radius 2 is 1.91 bits per heavy atom. The summed E-state index contributed by atoms with van der Waals surface area (Å²) in [6, 6.07) is 0. The van der Waals surface area contributed by atoms with E-state index >= 15 is 0 Å². The molecule has 136 valence electrons. The molecule has 0 radical (unpaired) electrons. The van der Waals surface area contributed by atoms with Gasteiger partial charge in [0.05, 0.1) is 12.3 Å². The second kappa shape index (κ2) is 7.63. The molecule has 0 bridgehead atoms. The highest BCUT2D eigenvalue weighted by Crippen LogP contribution is 2.40. The third kappa shape index (κ3) is 5.55. The highest BCUT2D eigenvalue weighted by molar-refractivity contribution is 6.74. The molecule has 0 saturated carbocycles. The van der Waals surface area contributed by atoms with Gasteiger partial charge in [-0.25, -0.2) is 0 Å². The van der Waals surface area contributed by atoms with Crippen molar-refractivity contribution in [3.05, 3.63) is 0 Å². The van der Waals surface area contributed by atoms with Gasteiger partial charge in [0, 0.05) is 0 Å². The summed E-state index contributed by atoms with van der Waals surface area (Å²) in [5.74, 6) is -0.637. The van der Waals surface area contributed by atoms with Crippen LogP contribution in [0, 0.1) is 0 Å². The molecule has 0 unspecified atom stereocenters. The predicted octanol–water partition coefficient (Wildman–Crippen LogP) is 4.55. The number of unbranched alkanes of at least 4 members (excludes halogenated alkanes) is 1. The number of hydrogen-bond donors (Lipinski definition) is 1. The summed E-state index contributed by atoms with van der Waals surface area (Å²) in [7, 11) is -2.02. The first-order valence-corrected chi connectivity index (χ1v) is 11.6. The fourth-order valence-corrected chi connectivity index (χ4v) is 3.76. The van der Waals surface area contributed by atoms with Crippen molar-refractivity contribution in [2.75, 3.05) is 0 Å². The van der Waals surface area contributed by atoms with Crippen molar-refractivity contribution in [1.29, 1.82) is 0 Å². The fraction of sp³-hybridized carbons (Fsp3) is 0.941. The smallest absolute Gasteiger partial charge is 0.193 e. The molecule has 0 aliphatic carbocycles. The molecule has 0 spiro atoms. The zero-order valence-electron chi connectivity index (χ0n) is 16.0. The highest BCUT2D eigenvalue weighted by Gasteiger charge is 2.48. The Kier molecular flexibility index (Phi) is 6.84. The van der Waals surface area contributed by atoms with Gasteiger partial charge in [0.1, 0.15) is 12.2 Å². The molecule has 5 nitrogen and oxygen atoms in total. The van der Waals surface area contributed by atoms with Crippen molar-refractivity contribution < 1.29 is 19.1 Å². The van der Waals surface area contributed by atoms with Gasteiger partial charge >= 0.3 is 0 Å². The molecule has 1 aliphatic rings. The van der Waals surface area contributed by atoms with Crippen molar-refractivity contribution in [1.82, 2.24) is 0 Å². The molecule has 1 N–H and O–H groups in total. The Labute approximate surface area is 142 Å². The average Bonchev–Trinajstić information content (AvgIpc) is 2.69. The van der Waals surface area contributed by atoms with Crippen molar-refractivity contribution >= 4 is 14.5 Å². The molecule has 1 heterocycles. The van der Waals surface area contributed by atoms with Gasteiger partial charge in [0.25, 0.3) is 0 Å². The quantitative estimate of drug-likeness (QED) is 0.318. The molecular weight excluding hydrogens is 310 g/mol. The zero-order chi connectivity index (χ0) is 17.9. The van der Waals surface area contributed by atoms with Crippen LogP contribution >= 0.6 is 0 Å². The standard InChI is InChI=1S/C17H35NO4Si/c1-9-10-11-13-15(21-17(5,6)20-13)14(12-18-19)22-23(7,8)16(2,3)4/h12-15,19H,9-11H2,1-8H3/b18-12+/t13-,14-,15+/m0/s1. The normalized spacial score (nSPS) is 26.8. The van der Waals surface area contributed by atoms with Gasteiger partial charge in [-0.15, -0.1) is 0 Å². The molecule has 6 heteroatoms. The van der Waals surface area contributed by atoms with Crippen LogP contribution in [-0.4, -0.2) is 43.8 Å². The van der Waals surface area contributed by atoms with Gasteiger partial charge < -0.3 is 19.1 Å². The average molecular weight is 346 g/mol. The lowest BCUT2D eigenvalue weighted by molar-refractivity contribution is -0.151. The summed E-state index contributed by atoms with van der Waals surface area (Å²) in [6.45, 7) is 17.0. The number of hydrogen-bond acceptors (Lipinski definition) is 5. The van der Waals surface area contributed by atoms with Gasteiger partial charge in [-0.05, 0) is 38.4 Å². The van der Waals surface area contributed by atoms with E-state index < -0.39 is 20.2 Å². The van der Waals surface area contributed by atoms with E-state index in [2.05, 4.69) is 45.9 Å². The van der Waals surface area contributed by atoms with E-state index in [-0.39, 0.29) is 17.2 Å². The van der Waals surface area contributed by atoms with E-state index in [1.165, 1.54) is 6.21 Å². The van der Waals surface area contributed by atoms with Crippen molar-refractivity contribution in [3.8, 4) is 0 Å². The SMILES string of the molecule is CCCC[C@@H]1OC(C)(C)O[C@H]1[C@H](/C=N/O)O[Si](C)(C)C(C)(C)C. The minimum Gasteiger partial charge on any atom is -0.411 e. The minimum absolute atomic E-state index is 0.0438. The summed E-state index contributed by atoms with van der Waals surface area (Å²) < 4.78 is 18.6. The first kappa shape index (κ1) is 20.6. The Balaban J connectivity index is 2.98. The minimum atomic E-state index is -2.02. The molecule has 1 saturated heterocycles. The zero-order valence-corrected chi connectivity index (χ0v) is 17.0. The molecule has 1 rings (SSSR count). The first-order valence-electron chi connectivity index (χ1n) is 8.64. The summed E-state index contributed by atoms with van der Waals surface area (Å²) in [4.78, 5) is 0. The topological polar surface area (TPSA) is 60.3 Å². The van der Waals surface area contributed by atoms with Crippen LogP contribution in [-0.2, 0) is 13.9 Å². The van der Waals surface area contributed by atoms with E-state index in [0.29, 0.717) is 0 Å². The maximum atomic E-state index is 9.10. The van der Waals surface area contributed by atoms with E-state index in [0.717, 1.165) is 19.3 Å². The summed E-state index contributed by atoms with van der Waals surface area (Å²) >= 11 is 0. The number of rotatable bonds is 7. The van der Waals surface area contributed by atoms with Crippen LogP contribution in [0.4, 0.5) is 0 Å². The van der Waals surface area contributed by atoms with Crippen LogP contribution in [0.3, 0.4) is 0 Å². The van der Waals surface area contributed by atoms with Crippen molar-refractivity contribution in [2.45, 2.75) is 103 Å². The summed E-state index contributed by atoms with van der Waals surface area (Å²) in [6.07, 6.45) is 3.86. The molecule has 0 aromatic rings. The third-order valence-corrected chi connectivity index (χ3v) is 9.31. The number of ether oxygens (including phenoxy) is 2. The Bertz CT molecular complexity index is 404. The van der Waals surface area contributed by atoms with Crippen LogP contribution in [0.5, 0.6) is 0 Å². The molecule has 1 fully saturated rings.